The number of aliphatic hydroxyl groups is 1. The molecule has 0 spiro atoms. The standard InChI is InChI=1S/C21H34O5/c1-3-4-7-10-16(22)13-14-18-17(19(23)15-20(18)24)11-8-5-6-9-12-21(25)26-2/h5,8,17-19,23H,3-4,6-7,9-15H2,1-2H3. The molecule has 148 valence electrons. The molecule has 0 aromatic carbocycles. The number of unbranched alkanes of at least 4 members (excludes halogenated alkanes) is 3. The fourth-order valence-electron chi connectivity index (χ4n) is 3.56. The number of aliphatic hydroxyl groups excluding tert-OH is 1. The Morgan fingerprint density at radius 3 is 2.62 bits per heavy atom. The van der Waals surface area contributed by atoms with E-state index in [1.165, 1.54) is 7.11 Å². The van der Waals surface area contributed by atoms with Gasteiger partial charge in [-0.25, -0.2) is 0 Å². The number of esters is 1. The molecule has 1 N–H and O–H groups in total. The van der Waals surface area contributed by atoms with Crippen LogP contribution in [0.5, 0.6) is 0 Å². The minimum absolute atomic E-state index is 0.0861. The Morgan fingerprint density at radius 1 is 1.15 bits per heavy atom. The van der Waals surface area contributed by atoms with E-state index >= 15 is 0 Å². The molecule has 1 fully saturated rings. The molecule has 1 aliphatic carbocycles. The zero-order valence-corrected chi connectivity index (χ0v) is 16.2. The lowest BCUT2D eigenvalue weighted by molar-refractivity contribution is -0.140. The van der Waals surface area contributed by atoms with Crippen LogP contribution in [-0.4, -0.2) is 35.9 Å². The highest BCUT2D eigenvalue weighted by Crippen LogP contribution is 2.35. The quantitative estimate of drug-likeness (QED) is 0.305. The van der Waals surface area contributed by atoms with Gasteiger partial charge in [0, 0.05) is 31.6 Å². The van der Waals surface area contributed by atoms with Gasteiger partial charge in [0.25, 0.3) is 0 Å². The fourth-order valence-corrected chi connectivity index (χ4v) is 3.56. The van der Waals surface area contributed by atoms with Crippen LogP contribution in [0.3, 0.4) is 0 Å². The fraction of sp³-hybridized carbons (Fsp3) is 0.762. The van der Waals surface area contributed by atoms with Gasteiger partial charge in [-0.3, -0.25) is 14.4 Å². The van der Waals surface area contributed by atoms with E-state index in [4.69, 9.17) is 0 Å². The van der Waals surface area contributed by atoms with E-state index in [1.807, 2.05) is 12.2 Å². The molecule has 0 radical (unpaired) electrons. The second-order valence-electron chi connectivity index (χ2n) is 7.22. The number of rotatable bonds is 13. The molecule has 3 unspecified atom stereocenters. The monoisotopic (exact) mass is 366 g/mol. The Labute approximate surface area is 157 Å². The van der Waals surface area contributed by atoms with E-state index in [1.54, 1.807) is 0 Å². The first-order chi connectivity index (χ1) is 12.5. The lowest BCUT2D eigenvalue weighted by Crippen LogP contribution is -2.21. The van der Waals surface area contributed by atoms with Crippen LogP contribution in [0.15, 0.2) is 12.2 Å². The van der Waals surface area contributed by atoms with E-state index < -0.39 is 6.10 Å². The van der Waals surface area contributed by atoms with Crippen molar-refractivity contribution in [3.05, 3.63) is 12.2 Å². The summed E-state index contributed by atoms with van der Waals surface area (Å²) in [6.45, 7) is 2.11. The summed E-state index contributed by atoms with van der Waals surface area (Å²) < 4.78 is 4.59. The SMILES string of the molecule is CCCCCC(=O)CCC1C(=O)CC(O)C1CC=CCCCC(=O)OC. The number of ketones is 2. The van der Waals surface area contributed by atoms with Crippen molar-refractivity contribution < 1.29 is 24.2 Å². The van der Waals surface area contributed by atoms with E-state index in [9.17, 15) is 19.5 Å². The molecule has 26 heavy (non-hydrogen) atoms. The molecule has 1 rings (SSSR count). The molecule has 0 heterocycles. The average molecular weight is 366 g/mol. The zero-order valence-electron chi connectivity index (χ0n) is 16.2. The normalized spacial score (nSPS) is 22.9. The van der Waals surface area contributed by atoms with E-state index in [2.05, 4.69) is 11.7 Å². The molecular formula is C21H34O5. The summed E-state index contributed by atoms with van der Waals surface area (Å²) >= 11 is 0. The van der Waals surface area contributed by atoms with Gasteiger partial charge in [-0.15, -0.1) is 0 Å². The summed E-state index contributed by atoms with van der Waals surface area (Å²) in [4.78, 5) is 35.2. The number of carbonyl (C=O) groups is 3. The van der Waals surface area contributed by atoms with Gasteiger partial charge in [-0.05, 0) is 38.0 Å². The third-order valence-corrected chi connectivity index (χ3v) is 5.18. The number of methoxy groups -OCH3 is 1. The van der Waals surface area contributed by atoms with E-state index in [0.29, 0.717) is 32.1 Å². The Bertz CT molecular complexity index is 483. The van der Waals surface area contributed by atoms with Crippen molar-refractivity contribution in [3.8, 4) is 0 Å². The van der Waals surface area contributed by atoms with Crippen molar-refractivity contribution in [1.82, 2.24) is 0 Å². The van der Waals surface area contributed by atoms with Crippen molar-refractivity contribution in [2.75, 3.05) is 7.11 Å². The molecule has 5 nitrogen and oxygen atoms in total. The Kier molecular flexibility index (Phi) is 11.1. The van der Waals surface area contributed by atoms with Gasteiger partial charge in [0.15, 0.2) is 0 Å². The van der Waals surface area contributed by atoms with Crippen LogP contribution >= 0.6 is 0 Å². The third kappa shape index (κ3) is 8.26. The second kappa shape index (κ2) is 12.8. The number of hydrogen-bond donors (Lipinski definition) is 1. The van der Waals surface area contributed by atoms with E-state index in [0.717, 1.165) is 32.1 Å². The predicted molar refractivity (Wildman–Crippen MR) is 101 cm³/mol. The van der Waals surface area contributed by atoms with Crippen molar-refractivity contribution >= 4 is 17.5 Å². The molecule has 1 saturated carbocycles. The first-order valence-electron chi connectivity index (χ1n) is 9.93. The van der Waals surface area contributed by atoms with Gasteiger partial charge in [-0.1, -0.05) is 31.9 Å². The average Bonchev–Trinajstić information content (AvgIpc) is 2.89. The molecular weight excluding hydrogens is 332 g/mol. The molecule has 0 aliphatic heterocycles. The van der Waals surface area contributed by atoms with Crippen molar-refractivity contribution in [2.24, 2.45) is 11.8 Å². The number of carbonyl (C=O) groups excluding carboxylic acids is 3. The zero-order chi connectivity index (χ0) is 19.4. The maximum atomic E-state index is 12.2. The van der Waals surface area contributed by atoms with Gasteiger partial charge in [0.05, 0.1) is 13.2 Å². The van der Waals surface area contributed by atoms with Crippen molar-refractivity contribution in [2.45, 2.75) is 83.7 Å². The molecule has 0 aromatic heterocycles. The van der Waals surface area contributed by atoms with Gasteiger partial charge in [0.1, 0.15) is 11.6 Å². The molecule has 0 bridgehead atoms. The molecule has 0 aromatic rings. The highest BCUT2D eigenvalue weighted by Gasteiger charge is 2.40. The van der Waals surface area contributed by atoms with Crippen molar-refractivity contribution in [1.29, 1.82) is 0 Å². The molecule has 0 saturated heterocycles. The number of allylic oxidation sites excluding steroid dienone is 2. The highest BCUT2D eigenvalue weighted by molar-refractivity contribution is 5.85. The van der Waals surface area contributed by atoms with Gasteiger partial charge >= 0.3 is 5.97 Å². The first-order valence-corrected chi connectivity index (χ1v) is 9.93. The first kappa shape index (κ1) is 22.6. The molecule has 1 aliphatic rings. The summed E-state index contributed by atoms with van der Waals surface area (Å²) in [6.07, 6.45) is 10.8. The van der Waals surface area contributed by atoms with Crippen LogP contribution in [0.1, 0.15) is 77.6 Å². The lowest BCUT2D eigenvalue weighted by atomic mass is 9.86. The predicted octanol–water partition coefficient (Wildman–Crippen LogP) is 3.77. The number of hydrogen-bond acceptors (Lipinski definition) is 5. The second-order valence-corrected chi connectivity index (χ2v) is 7.22. The molecule has 3 atom stereocenters. The summed E-state index contributed by atoms with van der Waals surface area (Å²) in [5.74, 6) is -0.200. The van der Waals surface area contributed by atoms with Crippen molar-refractivity contribution in [3.63, 3.8) is 0 Å². The van der Waals surface area contributed by atoms with Gasteiger partial charge in [0.2, 0.25) is 0 Å². The minimum Gasteiger partial charge on any atom is -0.469 e. The van der Waals surface area contributed by atoms with Gasteiger partial charge in [-0.2, -0.15) is 0 Å². The Balaban J connectivity index is 2.38. The molecule has 5 heteroatoms. The number of Topliss-reactive ketones (excluding diaryl/α,β-unsaturated/α-hetero) is 2. The van der Waals surface area contributed by atoms with Crippen LogP contribution in [0, 0.1) is 11.8 Å². The summed E-state index contributed by atoms with van der Waals surface area (Å²) in [5, 5.41) is 10.2. The van der Waals surface area contributed by atoms with Crippen LogP contribution < -0.4 is 0 Å². The summed E-state index contributed by atoms with van der Waals surface area (Å²) in [7, 11) is 1.38. The maximum absolute atomic E-state index is 12.2. The maximum Gasteiger partial charge on any atom is 0.305 e. The summed E-state index contributed by atoms with van der Waals surface area (Å²) in [5.41, 5.74) is 0. The summed E-state index contributed by atoms with van der Waals surface area (Å²) in [6, 6.07) is 0. The molecule has 0 amide bonds. The highest BCUT2D eigenvalue weighted by atomic mass is 16.5. The Hall–Kier alpha value is -1.49. The third-order valence-electron chi connectivity index (χ3n) is 5.18. The Morgan fingerprint density at radius 2 is 1.92 bits per heavy atom. The van der Waals surface area contributed by atoms with Gasteiger partial charge < -0.3 is 9.84 Å². The largest absolute Gasteiger partial charge is 0.469 e. The van der Waals surface area contributed by atoms with Crippen LogP contribution in [0.25, 0.3) is 0 Å². The number of ether oxygens (including phenoxy) is 1. The van der Waals surface area contributed by atoms with Crippen LogP contribution in [-0.2, 0) is 19.1 Å². The topological polar surface area (TPSA) is 80.7 Å². The van der Waals surface area contributed by atoms with E-state index in [-0.39, 0.29) is 35.8 Å². The lowest BCUT2D eigenvalue weighted by Gasteiger charge is -2.19. The smallest absolute Gasteiger partial charge is 0.305 e. The van der Waals surface area contributed by atoms with Crippen LogP contribution in [0.2, 0.25) is 0 Å². The minimum atomic E-state index is -0.609. The van der Waals surface area contributed by atoms with Crippen LogP contribution in [0.4, 0.5) is 0 Å².